The summed E-state index contributed by atoms with van der Waals surface area (Å²) in [6.45, 7) is 2.15. The Morgan fingerprint density at radius 2 is 2.50 bits per heavy atom. The van der Waals surface area contributed by atoms with Crippen molar-refractivity contribution in [3.8, 4) is 0 Å². The summed E-state index contributed by atoms with van der Waals surface area (Å²) in [6.07, 6.45) is 12.1. The van der Waals surface area contributed by atoms with Crippen molar-refractivity contribution in [2.75, 3.05) is 0 Å². The van der Waals surface area contributed by atoms with Crippen LogP contribution >= 0.6 is 0 Å². The molecule has 0 aromatic carbocycles. The molecular weight excluding hydrogens is 96.1 g/mol. The van der Waals surface area contributed by atoms with Crippen molar-refractivity contribution < 1.29 is 0 Å². The molecule has 0 unspecified atom stereocenters. The fourth-order valence-electron chi connectivity index (χ4n) is 0.657. The van der Waals surface area contributed by atoms with Crippen LogP contribution in [0.4, 0.5) is 0 Å². The fraction of sp³-hybridized carbons (Fsp3) is 0.250. The van der Waals surface area contributed by atoms with Crippen molar-refractivity contribution in [2.24, 2.45) is 0 Å². The van der Waals surface area contributed by atoms with Crippen LogP contribution in [0.1, 0.15) is 13.3 Å². The lowest BCUT2D eigenvalue weighted by Gasteiger charge is -1.85. The van der Waals surface area contributed by atoms with Crippen LogP contribution < -0.4 is 0 Å². The molecule has 0 radical (unpaired) electrons. The van der Waals surface area contributed by atoms with Crippen molar-refractivity contribution in [1.82, 2.24) is 0 Å². The third kappa shape index (κ3) is 1.05. The lowest BCUT2D eigenvalue weighted by Crippen LogP contribution is -1.75. The summed E-state index contributed by atoms with van der Waals surface area (Å²) in [7, 11) is 0. The molecule has 0 bridgehead atoms. The maximum Gasteiger partial charge on any atom is 0.103 e. The van der Waals surface area contributed by atoms with E-state index in [1.807, 2.05) is 12.2 Å². The highest BCUT2D eigenvalue weighted by Crippen LogP contribution is 2.05. The molecular formula is C8H9+. The SMILES string of the molecule is CCC1=CC=[C+]C=C1. The Morgan fingerprint density at radius 3 is 2.88 bits per heavy atom. The van der Waals surface area contributed by atoms with Gasteiger partial charge in [-0.25, -0.2) is 0 Å². The lowest BCUT2D eigenvalue weighted by atomic mass is 10.1. The first-order valence-corrected chi connectivity index (χ1v) is 2.88. The van der Waals surface area contributed by atoms with Crippen LogP contribution in [0, 0.1) is 6.08 Å². The molecule has 0 amide bonds. The minimum Gasteiger partial charge on any atom is -0.0590 e. The van der Waals surface area contributed by atoms with Crippen LogP contribution in [0.3, 0.4) is 0 Å². The van der Waals surface area contributed by atoms with E-state index in [0.29, 0.717) is 0 Å². The van der Waals surface area contributed by atoms with E-state index in [4.69, 9.17) is 0 Å². The molecule has 0 aromatic heterocycles. The monoisotopic (exact) mass is 105 g/mol. The molecule has 1 rings (SSSR count). The Bertz CT molecular complexity index is 147. The van der Waals surface area contributed by atoms with Gasteiger partial charge >= 0.3 is 0 Å². The van der Waals surface area contributed by atoms with Crippen LogP contribution in [0.5, 0.6) is 0 Å². The molecule has 0 spiro atoms. The number of hydrogen-bond acceptors (Lipinski definition) is 0. The van der Waals surface area contributed by atoms with E-state index in [1.165, 1.54) is 5.57 Å². The van der Waals surface area contributed by atoms with E-state index in [9.17, 15) is 0 Å². The molecule has 0 saturated heterocycles. The van der Waals surface area contributed by atoms with Crippen molar-refractivity contribution >= 4 is 0 Å². The second kappa shape index (κ2) is 2.44. The smallest absolute Gasteiger partial charge is 0.0590 e. The standard InChI is InChI=1S/C8H9/c1-2-8-6-4-3-5-7-8/h4-7H,2H2,1H3/q+1. The van der Waals surface area contributed by atoms with E-state index in [1.54, 1.807) is 0 Å². The van der Waals surface area contributed by atoms with Gasteiger partial charge in [-0.15, -0.1) is 0 Å². The highest BCUT2D eigenvalue weighted by atomic mass is 13.9. The summed E-state index contributed by atoms with van der Waals surface area (Å²) in [5.74, 6) is 0. The number of rotatable bonds is 1. The first-order valence-electron chi connectivity index (χ1n) is 2.88. The van der Waals surface area contributed by atoms with Gasteiger partial charge < -0.3 is 0 Å². The van der Waals surface area contributed by atoms with Crippen molar-refractivity contribution in [2.45, 2.75) is 13.3 Å². The third-order valence-electron chi connectivity index (χ3n) is 1.20. The van der Waals surface area contributed by atoms with Crippen molar-refractivity contribution in [3.05, 3.63) is 36.0 Å². The molecule has 0 aliphatic heterocycles. The van der Waals surface area contributed by atoms with E-state index < -0.39 is 0 Å². The predicted octanol–water partition coefficient (Wildman–Crippen LogP) is 2.25. The molecule has 0 fully saturated rings. The Morgan fingerprint density at radius 1 is 1.62 bits per heavy atom. The molecule has 0 nitrogen and oxygen atoms in total. The van der Waals surface area contributed by atoms with Gasteiger partial charge in [0.2, 0.25) is 0 Å². The minimum absolute atomic E-state index is 1.12. The summed E-state index contributed by atoms with van der Waals surface area (Å²) in [5.41, 5.74) is 1.38. The highest BCUT2D eigenvalue weighted by Gasteiger charge is 1.95. The third-order valence-corrected chi connectivity index (χ3v) is 1.20. The molecule has 0 saturated carbocycles. The van der Waals surface area contributed by atoms with Crippen molar-refractivity contribution in [1.29, 1.82) is 0 Å². The zero-order valence-electron chi connectivity index (χ0n) is 5.02. The molecule has 0 heterocycles. The first-order chi connectivity index (χ1) is 3.93. The topological polar surface area (TPSA) is 0 Å². The van der Waals surface area contributed by atoms with E-state index >= 15 is 0 Å². The van der Waals surface area contributed by atoms with Crippen molar-refractivity contribution in [3.63, 3.8) is 0 Å². The largest absolute Gasteiger partial charge is 0.103 e. The quantitative estimate of drug-likeness (QED) is 0.449. The maximum atomic E-state index is 2.97. The van der Waals surface area contributed by atoms with Crippen LogP contribution in [0.25, 0.3) is 0 Å². The van der Waals surface area contributed by atoms with Gasteiger partial charge in [-0.3, -0.25) is 0 Å². The molecule has 0 N–H and O–H groups in total. The lowest BCUT2D eigenvalue weighted by molar-refractivity contribution is 1.14. The van der Waals surface area contributed by atoms with E-state index in [0.717, 1.165) is 6.42 Å². The number of allylic oxidation sites excluding steroid dienone is 6. The zero-order chi connectivity index (χ0) is 5.82. The van der Waals surface area contributed by atoms with E-state index in [2.05, 4.69) is 25.2 Å². The fourth-order valence-corrected chi connectivity index (χ4v) is 0.657. The van der Waals surface area contributed by atoms with Gasteiger partial charge in [0.15, 0.2) is 0 Å². The molecule has 0 heteroatoms. The Hall–Kier alpha value is -0.870. The van der Waals surface area contributed by atoms with Gasteiger partial charge in [-0.05, 0) is 6.42 Å². The second-order valence-electron chi connectivity index (χ2n) is 1.76. The van der Waals surface area contributed by atoms with Gasteiger partial charge in [0, 0.05) is 6.08 Å². The predicted molar refractivity (Wildman–Crippen MR) is 35.3 cm³/mol. The molecule has 40 valence electrons. The molecule has 8 heavy (non-hydrogen) atoms. The highest BCUT2D eigenvalue weighted by molar-refractivity contribution is 5.29. The van der Waals surface area contributed by atoms with E-state index in [-0.39, 0.29) is 0 Å². The zero-order valence-corrected chi connectivity index (χ0v) is 5.02. The van der Waals surface area contributed by atoms with Gasteiger partial charge in [0.1, 0.15) is 12.2 Å². The van der Waals surface area contributed by atoms with Gasteiger partial charge in [0.05, 0.1) is 17.7 Å². The summed E-state index contributed by atoms with van der Waals surface area (Å²) >= 11 is 0. The molecule has 1 aliphatic carbocycles. The molecule has 0 aromatic rings. The maximum absolute atomic E-state index is 2.97. The summed E-state index contributed by atoms with van der Waals surface area (Å²) in [6, 6.07) is 0. The molecule has 0 atom stereocenters. The molecule has 1 aliphatic rings. The Balaban J connectivity index is 2.68. The average Bonchev–Trinajstić information content (AvgIpc) is 1.90. The summed E-state index contributed by atoms with van der Waals surface area (Å²) < 4.78 is 0. The van der Waals surface area contributed by atoms with Gasteiger partial charge in [-0.2, -0.15) is 0 Å². The summed E-state index contributed by atoms with van der Waals surface area (Å²) in [5, 5.41) is 0. The first kappa shape index (κ1) is 5.27. The van der Waals surface area contributed by atoms with Gasteiger partial charge in [-0.1, -0.05) is 6.92 Å². The van der Waals surface area contributed by atoms with Crippen LogP contribution in [0.2, 0.25) is 0 Å². The number of hydrogen-bond donors (Lipinski definition) is 0. The second-order valence-corrected chi connectivity index (χ2v) is 1.76. The normalized spacial score (nSPS) is 15.4. The average molecular weight is 105 g/mol. The Kier molecular flexibility index (Phi) is 1.61. The van der Waals surface area contributed by atoms with Crippen LogP contribution in [-0.2, 0) is 0 Å². The van der Waals surface area contributed by atoms with Gasteiger partial charge in [0.25, 0.3) is 0 Å². The Labute approximate surface area is 50.2 Å². The van der Waals surface area contributed by atoms with Crippen LogP contribution in [0.15, 0.2) is 29.9 Å². The minimum atomic E-state index is 1.12. The van der Waals surface area contributed by atoms with Crippen LogP contribution in [-0.4, -0.2) is 0 Å². The summed E-state index contributed by atoms with van der Waals surface area (Å²) in [4.78, 5) is 0.